The molecule has 0 saturated carbocycles. The predicted molar refractivity (Wildman–Crippen MR) is 74.2 cm³/mol. The highest BCUT2D eigenvalue weighted by Gasteiger charge is 2.06. The quantitative estimate of drug-likeness (QED) is 0.800. The fourth-order valence-electron chi connectivity index (χ4n) is 1.46. The number of hydrogen-bond donors (Lipinski definition) is 1. The normalized spacial score (nSPS) is 11.1. The summed E-state index contributed by atoms with van der Waals surface area (Å²) in [6, 6.07) is 0.500. The van der Waals surface area contributed by atoms with Gasteiger partial charge in [0.25, 0.3) is 0 Å². The largest absolute Gasteiger partial charge is 0.474 e. The van der Waals surface area contributed by atoms with Gasteiger partial charge < -0.3 is 15.0 Å². The summed E-state index contributed by atoms with van der Waals surface area (Å²) >= 11 is 0. The second-order valence-corrected chi connectivity index (χ2v) is 4.91. The highest BCUT2D eigenvalue weighted by atomic mass is 16.5. The molecule has 5 nitrogen and oxygen atoms in total. The van der Waals surface area contributed by atoms with Gasteiger partial charge in [-0.25, -0.2) is 0 Å². The summed E-state index contributed by atoms with van der Waals surface area (Å²) in [5.41, 5.74) is 0. The number of hydrogen-bond acceptors (Lipinski definition) is 5. The van der Waals surface area contributed by atoms with Gasteiger partial charge in [0.2, 0.25) is 5.88 Å². The van der Waals surface area contributed by atoms with E-state index in [2.05, 4.69) is 34.0 Å². The molecule has 0 amide bonds. The van der Waals surface area contributed by atoms with Crippen molar-refractivity contribution in [1.82, 2.24) is 15.3 Å². The van der Waals surface area contributed by atoms with Crippen molar-refractivity contribution in [3.05, 3.63) is 12.4 Å². The van der Waals surface area contributed by atoms with E-state index in [1.54, 1.807) is 12.4 Å². The van der Waals surface area contributed by atoms with E-state index in [4.69, 9.17) is 4.74 Å². The Balaban J connectivity index is 2.54. The van der Waals surface area contributed by atoms with Crippen molar-refractivity contribution in [3.8, 4) is 5.88 Å². The Hall–Kier alpha value is -1.36. The van der Waals surface area contributed by atoms with Crippen LogP contribution in [0.15, 0.2) is 12.4 Å². The minimum Gasteiger partial charge on any atom is -0.474 e. The van der Waals surface area contributed by atoms with Crippen molar-refractivity contribution in [1.29, 1.82) is 0 Å². The van der Waals surface area contributed by atoms with Crippen molar-refractivity contribution in [3.63, 3.8) is 0 Å². The van der Waals surface area contributed by atoms with Crippen LogP contribution in [0, 0.1) is 0 Å². The van der Waals surface area contributed by atoms with E-state index in [1.165, 1.54) is 0 Å². The van der Waals surface area contributed by atoms with Gasteiger partial charge >= 0.3 is 0 Å². The zero-order valence-corrected chi connectivity index (χ0v) is 12.0. The summed E-state index contributed by atoms with van der Waals surface area (Å²) in [5, 5.41) is 3.37. The Morgan fingerprint density at radius 2 is 2.00 bits per heavy atom. The average Bonchev–Trinajstić information content (AvgIpc) is 2.27. The lowest BCUT2D eigenvalue weighted by atomic mass is 10.4. The summed E-state index contributed by atoms with van der Waals surface area (Å²) in [5.74, 6) is 1.41. The molecule has 0 atom stereocenters. The Morgan fingerprint density at radius 3 is 2.61 bits per heavy atom. The maximum absolute atomic E-state index is 5.53. The molecular formula is C13H24N4O. The fourth-order valence-corrected chi connectivity index (χ4v) is 1.46. The second-order valence-electron chi connectivity index (χ2n) is 4.91. The van der Waals surface area contributed by atoms with Gasteiger partial charge in [0.15, 0.2) is 5.82 Å². The van der Waals surface area contributed by atoms with Crippen LogP contribution < -0.4 is 15.0 Å². The van der Waals surface area contributed by atoms with E-state index < -0.39 is 0 Å². The second kappa shape index (κ2) is 7.16. The number of ether oxygens (including phenoxy) is 1. The highest BCUT2D eigenvalue weighted by molar-refractivity contribution is 5.36. The van der Waals surface area contributed by atoms with Crippen LogP contribution in [0.1, 0.15) is 27.7 Å². The molecule has 0 unspecified atom stereocenters. The molecule has 0 radical (unpaired) electrons. The molecule has 1 aromatic heterocycles. The molecule has 1 aromatic rings. The van der Waals surface area contributed by atoms with Crippen molar-refractivity contribution in [2.24, 2.45) is 0 Å². The average molecular weight is 252 g/mol. The minimum atomic E-state index is 0.113. The van der Waals surface area contributed by atoms with Crippen LogP contribution in [-0.4, -0.2) is 42.3 Å². The molecule has 0 aliphatic rings. The predicted octanol–water partition coefficient (Wildman–Crippen LogP) is 1.70. The summed E-state index contributed by atoms with van der Waals surface area (Å²) in [7, 11) is 2.01. The van der Waals surface area contributed by atoms with E-state index in [-0.39, 0.29) is 6.10 Å². The van der Waals surface area contributed by atoms with Crippen molar-refractivity contribution in [2.75, 3.05) is 25.0 Å². The molecule has 5 heteroatoms. The maximum Gasteiger partial charge on any atom is 0.234 e. The highest BCUT2D eigenvalue weighted by Crippen LogP contribution is 2.13. The summed E-state index contributed by atoms with van der Waals surface area (Å²) in [4.78, 5) is 10.6. The molecule has 0 spiro atoms. The van der Waals surface area contributed by atoms with E-state index >= 15 is 0 Å². The van der Waals surface area contributed by atoms with Crippen molar-refractivity contribution < 1.29 is 4.74 Å². The Labute approximate surface area is 110 Å². The third-order valence-electron chi connectivity index (χ3n) is 2.35. The van der Waals surface area contributed by atoms with Crippen LogP contribution in [-0.2, 0) is 0 Å². The van der Waals surface area contributed by atoms with Gasteiger partial charge in [0.1, 0.15) is 0 Å². The topological polar surface area (TPSA) is 50.3 Å². The van der Waals surface area contributed by atoms with Crippen molar-refractivity contribution in [2.45, 2.75) is 39.8 Å². The lowest BCUT2D eigenvalue weighted by molar-refractivity contribution is 0.231. The Kier molecular flexibility index (Phi) is 5.85. The lowest BCUT2D eigenvalue weighted by Gasteiger charge is -2.19. The molecule has 1 heterocycles. The van der Waals surface area contributed by atoms with Crippen LogP contribution in [0.5, 0.6) is 5.88 Å². The summed E-state index contributed by atoms with van der Waals surface area (Å²) in [6.45, 7) is 10.0. The lowest BCUT2D eigenvalue weighted by Crippen LogP contribution is -2.33. The number of aromatic nitrogens is 2. The molecule has 18 heavy (non-hydrogen) atoms. The van der Waals surface area contributed by atoms with Gasteiger partial charge in [-0.05, 0) is 13.8 Å². The van der Waals surface area contributed by atoms with Crippen molar-refractivity contribution >= 4 is 5.82 Å². The molecule has 0 aliphatic heterocycles. The van der Waals surface area contributed by atoms with E-state index in [9.17, 15) is 0 Å². The zero-order chi connectivity index (χ0) is 13.5. The Morgan fingerprint density at radius 1 is 1.28 bits per heavy atom. The molecule has 1 rings (SSSR count). The van der Waals surface area contributed by atoms with Gasteiger partial charge in [0.05, 0.1) is 18.5 Å². The minimum absolute atomic E-state index is 0.113. The van der Waals surface area contributed by atoms with Crippen LogP contribution in [0.3, 0.4) is 0 Å². The molecule has 102 valence electrons. The Bertz CT molecular complexity index is 355. The van der Waals surface area contributed by atoms with Crippen LogP contribution >= 0.6 is 0 Å². The van der Waals surface area contributed by atoms with E-state index in [0.29, 0.717) is 11.9 Å². The number of anilines is 1. The molecule has 0 aliphatic carbocycles. The smallest absolute Gasteiger partial charge is 0.234 e. The first-order valence-corrected chi connectivity index (χ1v) is 6.42. The third-order valence-corrected chi connectivity index (χ3v) is 2.35. The van der Waals surface area contributed by atoms with E-state index in [0.717, 1.165) is 18.9 Å². The van der Waals surface area contributed by atoms with E-state index in [1.807, 2.05) is 20.9 Å². The molecule has 1 N–H and O–H groups in total. The summed E-state index contributed by atoms with van der Waals surface area (Å²) in [6.07, 6.45) is 3.51. The molecular weight excluding hydrogens is 228 g/mol. The standard InChI is InChI=1S/C13H24N4O/c1-10(2)15-6-7-17(5)12-8-14-9-13(16-12)18-11(3)4/h8-11,15H,6-7H2,1-5H3. The molecule has 0 fully saturated rings. The van der Waals surface area contributed by atoms with Crippen LogP contribution in [0.4, 0.5) is 5.82 Å². The number of nitrogens with one attached hydrogen (secondary N) is 1. The number of nitrogens with zero attached hydrogens (tertiary/aromatic N) is 3. The first kappa shape index (κ1) is 14.7. The van der Waals surface area contributed by atoms with Crippen LogP contribution in [0.25, 0.3) is 0 Å². The summed E-state index contributed by atoms with van der Waals surface area (Å²) < 4.78 is 5.53. The number of likely N-dealkylation sites (N-methyl/N-ethyl adjacent to an activating group) is 1. The zero-order valence-electron chi connectivity index (χ0n) is 12.0. The fraction of sp³-hybridized carbons (Fsp3) is 0.692. The monoisotopic (exact) mass is 252 g/mol. The molecule has 0 aromatic carbocycles. The molecule has 0 bridgehead atoms. The van der Waals surface area contributed by atoms with Gasteiger partial charge in [-0.2, -0.15) is 4.98 Å². The number of rotatable bonds is 7. The third kappa shape index (κ3) is 5.31. The van der Waals surface area contributed by atoms with Gasteiger partial charge in [-0.1, -0.05) is 13.8 Å². The van der Waals surface area contributed by atoms with Gasteiger partial charge in [0, 0.05) is 26.2 Å². The first-order chi connectivity index (χ1) is 8.49. The van der Waals surface area contributed by atoms with Gasteiger partial charge in [-0.3, -0.25) is 4.98 Å². The first-order valence-electron chi connectivity index (χ1n) is 6.42. The maximum atomic E-state index is 5.53. The molecule has 0 saturated heterocycles. The van der Waals surface area contributed by atoms with Gasteiger partial charge in [-0.15, -0.1) is 0 Å². The van der Waals surface area contributed by atoms with Crippen LogP contribution in [0.2, 0.25) is 0 Å². The SMILES string of the molecule is CC(C)NCCN(C)c1cncc(OC(C)C)n1.